The number of nitrogens with zero attached hydrogens (tertiary/aromatic N) is 1. The number of hydrogen-bond donors (Lipinski definition) is 2. The van der Waals surface area contributed by atoms with E-state index in [9.17, 15) is 9.90 Å². The number of aliphatic hydroxyl groups excluding tert-OH is 1. The van der Waals surface area contributed by atoms with Gasteiger partial charge >= 0.3 is 0 Å². The number of carbonyl (C=O) groups excluding carboxylic acids is 1. The summed E-state index contributed by atoms with van der Waals surface area (Å²) in [6, 6.07) is 7.83. The van der Waals surface area contributed by atoms with Crippen LogP contribution in [-0.4, -0.2) is 41.7 Å². The van der Waals surface area contributed by atoms with Crippen LogP contribution in [0, 0.1) is 12.8 Å². The van der Waals surface area contributed by atoms with Gasteiger partial charge < -0.3 is 15.3 Å². The van der Waals surface area contributed by atoms with Gasteiger partial charge in [0.15, 0.2) is 0 Å². The number of hydrogen-bond acceptors (Lipinski definition) is 3. The molecular weight excluding hydrogens is 264 g/mol. The van der Waals surface area contributed by atoms with Crippen LogP contribution >= 0.6 is 0 Å². The maximum absolute atomic E-state index is 12.0. The zero-order valence-electron chi connectivity index (χ0n) is 13.0. The lowest BCUT2D eigenvalue weighted by molar-refractivity contribution is -0.116. The Kier molecular flexibility index (Phi) is 5.76. The highest BCUT2D eigenvalue weighted by atomic mass is 16.3. The second-order valence-electron chi connectivity index (χ2n) is 6.03. The molecule has 21 heavy (non-hydrogen) atoms. The normalized spacial score (nSPS) is 18.4. The average Bonchev–Trinajstić information content (AvgIpc) is 2.48. The first kappa shape index (κ1) is 16.0. The van der Waals surface area contributed by atoms with Gasteiger partial charge in [0.1, 0.15) is 0 Å². The average molecular weight is 290 g/mol. The third-order valence-corrected chi connectivity index (χ3v) is 4.39. The van der Waals surface area contributed by atoms with E-state index in [2.05, 4.69) is 10.2 Å². The summed E-state index contributed by atoms with van der Waals surface area (Å²) in [6.07, 6.45) is 2.36. The summed E-state index contributed by atoms with van der Waals surface area (Å²) in [6.45, 7) is 6.62. The maximum atomic E-state index is 12.0. The van der Waals surface area contributed by atoms with Crippen LogP contribution in [0.5, 0.6) is 0 Å². The monoisotopic (exact) mass is 290 g/mol. The molecule has 1 heterocycles. The van der Waals surface area contributed by atoms with Crippen molar-refractivity contribution >= 4 is 11.6 Å². The smallest absolute Gasteiger partial charge is 0.225 e. The van der Waals surface area contributed by atoms with Crippen molar-refractivity contribution in [3.8, 4) is 0 Å². The highest BCUT2D eigenvalue weighted by Crippen LogP contribution is 2.20. The molecule has 0 spiro atoms. The van der Waals surface area contributed by atoms with Crippen molar-refractivity contribution in [2.75, 3.05) is 25.0 Å². The Morgan fingerprint density at radius 3 is 2.67 bits per heavy atom. The zero-order chi connectivity index (χ0) is 15.2. The second kappa shape index (κ2) is 7.57. The van der Waals surface area contributed by atoms with E-state index in [1.165, 1.54) is 0 Å². The fourth-order valence-corrected chi connectivity index (χ4v) is 2.84. The molecule has 1 amide bonds. The molecule has 1 aromatic carbocycles. The minimum absolute atomic E-state index is 0.0712. The van der Waals surface area contributed by atoms with E-state index < -0.39 is 0 Å². The van der Waals surface area contributed by atoms with Gasteiger partial charge in [-0.3, -0.25) is 4.79 Å². The Labute approximate surface area is 127 Å². The third kappa shape index (κ3) is 4.83. The number of para-hydroxylation sites is 1. The van der Waals surface area contributed by atoms with Crippen molar-refractivity contribution in [2.45, 2.75) is 39.2 Å². The number of benzene rings is 1. The van der Waals surface area contributed by atoms with Crippen molar-refractivity contribution in [2.24, 2.45) is 5.92 Å². The number of carbonyl (C=O) groups is 1. The van der Waals surface area contributed by atoms with E-state index in [-0.39, 0.29) is 12.0 Å². The van der Waals surface area contributed by atoms with Gasteiger partial charge in [-0.2, -0.15) is 0 Å². The van der Waals surface area contributed by atoms with Crippen LogP contribution in [0.1, 0.15) is 31.7 Å². The Bertz CT molecular complexity index is 466. The molecular formula is C17H26N2O2. The van der Waals surface area contributed by atoms with Gasteiger partial charge in [0.2, 0.25) is 5.91 Å². The minimum atomic E-state index is -0.212. The molecule has 4 nitrogen and oxygen atoms in total. The fraction of sp³-hybridized carbons (Fsp3) is 0.588. The van der Waals surface area contributed by atoms with Crippen LogP contribution in [0.2, 0.25) is 0 Å². The predicted molar refractivity (Wildman–Crippen MR) is 85.3 cm³/mol. The standard InChI is InChI=1S/C17H26N2O2/c1-13-5-3-4-6-16(13)18-17(21)9-12-19-10-7-15(8-11-19)14(2)20/h3-6,14-15,20H,7-12H2,1-2H3,(H,18,21). The van der Waals surface area contributed by atoms with Gasteiger partial charge in [-0.1, -0.05) is 18.2 Å². The molecule has 116 valence electrons. The summed E-state index contributed by atoms with van der Waals surface area (Å²) >= 11 is 0. The molecule has 1 aliphatic rings. The molecule has 0 bridgehead atoms. The van der Waals surface area contributed by atoms with Crippen LogP contribution < -0.4 is 5.32 Å². The van der Waals surface area contributed by atoms with Crippen LogP contribution in [0.4, 0.5) is 5.69 Å². The van der Waals surface area contributed by atoms with Crippen molar-refractivity contribution in [3.05, 3.63) is 29.8 Å². The first-order chi connectivity index (χ1) is 10.1. The van der Waals surface area contributed by atoms with Crippen LogP contribution in [0.15, 0.2) is 24.3 Å². The van der Waals surface area contributed by atoms with E-state index >= 15 is 0 Å². The third-order valence-electron chi connectivity index (χ3n) is 4.39. The predicted octanol–water partition coefficient (Wildman–Crippen LogP) is 2.42. The summed E-state index contributed by atoms with van der Waals surface area (Å²) in [5, 5.41) is 12.6. The molecule has 2 N–H and O–H groups in total. The van der Waals surface area contributed by atoms with E-state index in [4.69, 9.17) is 0 Å². The highest BCUT2D eigenvalue weighted by Gasteiger charge is 2.22. The number of aryl methyl sites for hydroxylation is 1. The van der Waals surface area contributed by atoms with Gasteiger partial charge in [0.05, 0.1) is 6.10 Å². The lowest BCUT2D eigenvalue weighted by Gasteiger charge is -2.33. The molecule has 1 atom stereocenters. The van der Waals surface area contributed by atoms with Crippen LogP contribution in [0.3, 0.4) is 0 Å². The van der Waals surface area contributed by atoms with Gasteiger partial charge in [-0.15, -0.1) is 0 Å². The molecule has 0 aromatic heterocycles. The number of anilines is 1. The fourth-order valence-electron chi connectivity index (χ4n) is 2.84. The number of likely N-dealkylation sites (tertiary alicyclic amines) is 1. The Balaban J connectivity index is 1.72. The van der Waals surface area contributed by atoms with E-state index in [0.29, 0.717) is 12.3 Å². The Morgan fingerprint density at radius 2 is 2.05 bits per heavy atom. The number of nitrogens with one attached hydrogen (secondary N) is 1. The highest BCUT2D eigenvalue weighted by molar-refractivity contribution is 5.91. The van der Waals surface area contributed by atoms with E-state index in [1.807, 2.05) is 38.1 Å². The molecule has 1 aliphatic heterocycles. The molecule has 0 radical (unpaired) electrons. The molecule has 1 saturated heterocycles. The lowest BCUT2D eigenvalue weighted by atomic mass is 9.92. The minimum Gasteiger partial charge on any atom is -0.393 e. The quantitative estimate of drug-likeness (QED) is 0.875. The van der Waals surface area contributed by atoms with Crippen LogP contribution in [-0.2, 0) is 4.79 Å². The SMILES string of the molecule is Cc1ccccc1NC(=O)CCN1CCC(C(C)O)CC1. The summed E-state index contributed by atoms with van der Waals surface area (Å²) in [5.74, 6) is 0.490. The molecule has 1 fully saturated rings. The van der Waals surface area contributed by atoms with Crippen molar-refractivity contribution in [1.82, 2.24) is 4.90 Å². The van der Waals surface area contributed by atoms with Crippen LogP contribution in [0.25, 0.3) is 0 Å². The number of rotatable bonds is 5. The number of aliphatic hydroxyl groups is 1. The van der Waals surface area contributed by atoms with Gasteiger partial charge in [-0.05, 0) is 57.3 Å². The van der Waals surface area contributed by atoms with E-state index in [0.717, 1.165) is 43.7 Å². The topological polar surface area (TPSA) is 52.6 Å². The largest absolute Gasteiger partial charge is 0.393 e. The van der Waals surface area contributed by atoms with Crippen molar-refractivity contribution in [3.63, 3.8) is 0 Å². The number of piperidine rings is 1. The van der Waals surface area contributed by atoms with Crippen molar-refractivity contribution in [1.29, 1.82) is 0 Å². The second-order valence-corrected chi connectivity index (χ2v) is 6.03. The molecule has 0 aliphatic carbocycles. The molecule has 4 heteroatoms. The number of amides is 1. The zero-order valence-corrected chi connectivity index (χ0v) is 13.0. The lowest BCUT2D eigenvalue weighted by Crippen LogP contribution is -2.38. The summed E-state index contributed by atoms with van der Waals surface area (Å²) in [7, 11) is 0. The molecule has 1 unspecified atom stereocenters. The van der Waals surface area contributed by atoms with Gasteiger partial charge in [-0.25, -0.2) is 0 Å². The molecule has 2 rings (SSSR count). The van der Waals surface area contributed by atoms with Gasteiger partial charge in [0, 0.05) is 18.7 Å². The maximum Gasteiger partial charge on any atom is 0.225 e. The molecule has 0 saturated carbocycles. The molecule has 1 aromatic rings. The van der Waals surface area contributed by atoms with E-state index in [1.54, 1.807) is 0 Å². The van der Waals surface area contributed by atoms with Gasteiger partial charge in [0.25, 0.3) is 0 Å². The Hall–Kier alpha value is -1.39. The summed E-state index contributed by atoms with van der Waals surface area (Å²) in [5.41, 5.74) is 1.99. The van der Waals surface area contributed by atoms with Crippen molar-refractivity contribution < 1.29 is 9.90 Å². The Morgan fingerprint density at radius 1 is 1.38 bits per heavy atom. The first-order valence-corrected chi connectivity index (χ1v) is 7.82. The first-order valence-electron chi connectivity index (χ1n) is 7.82. The summed E-state index contributed by atoms with van der Waals surface area (Å²) in [4.78, 5) is 14.3. The summed E-state index contributed by atoms with van der Waals surface area (Å²) < 4.78 is 0.